The molecule has 1 aromatic carbocycles. The van der Waals surface area contributed by atoms with Crippen LogP contribution in [-0.4, -0.2) is 60.6 Å². The van der Waals surface area contributed by atoms with Crippen molar-refractivity contribution in [1.29, 1.82) is 0 Å². The van der Waals surface area contributed by atoms with Crippen molar-refractivity contribution in [3.63, 3.8) is 0 Å². The van der Waals surface area contributed by atoms with Gasteiger partial charge in [-0.2, -0.15) is 0 Å². The molecule has 1 heterocycles. The molecule has 1 N–H and O–H groups in total. The second-order valence-electron chi connectivity index (χ2n) is 5.50. The lowest BCUT2D eigenvalue weighted by molar-refractivity contribution is -0.141. The Morgan fingerprint density at radius 1 is 1.23 bits per heavy atom. The first kappa shape index (κ1) is 16.3. The van der Waals surface area contributed by atoms with E-state index in [-0.39, 0.29) is 24.8 Å². The molecule has 0 aliphatic carbocycles. The van der Waals surface area contributed by atoms with Gasteiger partial charge in [-0.3, -0.25) is 14.5 Å². The standard InChI is InChI=1S/C16H22N2O4/c1-17-9-10-18(15(19)7-8-16(20)21)11-14(17)12-3-5-13(22-2)6-4-12/h3-6,14H,7-11H2,1-2H3,(H,20,21). The number of ether oxygens (including phenoxy) is 1. The van der Waals surface area contributed by atoms with Gasteiger partial charge in [0.25, 0.3) is 0 Å². The zero-order chi connectivity index (χ0) is 16.1. The van der Waals surface area contributed by atoms with Crippen LogP contribution in [0.3, 0.4) is 0 Å². The van der Waals surface area contributed by atoms with Crippen LogP contribution in [0.15, 0.2) is 24.3 Å². The van der Waals surface area contributed by atoms with Crippen LogP contribution < -0.4 is 4.74 Å². The fourth-order valence-corrected chi connectivity index (χ4v) is 2.66. The van der Waals surface area contributed by atoms with Gasteiger partial charge in [0.15, 0.2) is 0 Å². The minimum Gasteiger partial charge on any atom is -0.497 e. The summed E-state index contributed by atoms with van der Waals surface area (Å²) in [6.45, 7) is 2.00. The smallest absolute Gasteiger partial charge is 0.303 e. The summed E-state index contributed by atoms with van der Waals surface area (Å²) in [5.74, 6) is -0.222. The molecule has 0 bridgehead atoms. The lowest BCUT2D eigenvalue weighted by Gasteiger charge is -2.39. The molecular weight excluding hydrogens is 284 g/mol. The Hall–Kier alpha value is -2.08. The number of rotatable bonds is 5. The van der Waals surface area contributed by atoms with Crippen molar-refractivity contribution in [1.82, 2.24) is 9.80 Å². The number of benzene rings is 1. The van der Waals surface area contributed by atoms with Crippen molar-refractivity contribution < 1.29 is 19.4 Å². The molecule has 120 valence electrons. The number of carboxylic acids is 1. The van der Waals surface area contributed by atoms with Crippen molar-refractivity contribution in [3.05, 3.63) is 29.8 Å². The first-order valence-corrected chi connectivity index (χ1v) is 7.35. The summed E-state index contributed by atoms with van der Waals surface area (Å²) in [6.07, 6.45) is -0.0489. The van der Waals surface area contributed by atoms with Crippen LogP contribution in [0.4, 0.5) is 0 Å². The molecular formula is C16H22N2O4. The van der Waals surface area contributed by atoms with Gasteiger partial charge in [0.05, 0.1) is 19.6 Å². The number of nitrogens with zero attached hydrogens (tertiary/aromatic N) is 2. The van der Waals surface area contributed by atoms with Crippen molar-refractivity contribution in [2.24, 2.45) is 0 Å². The lowest BCUT2D eigenvalue weighted by Crippen LogP contribution is -2.49. The SMILES string of the molecule is COc1ccc(C2CN(C(=O)CCC(=O)O)CCN2C)cc1. The lowest BCUT2D eigenvalue weighted by atomic mass is 10.0. The van der Waals surface area contributed by atoms with Crippen LogP contribution >= 0.6 is 0 Å². The second-order valence-corrected chi connectivity index (χ2v) is 5.50. The molecule has 6 heteroatoms. The van der Waals surface area contributed by atoms with Gasteiger partial charge in [-0.1, -0.05) is 12.1 Å². The number of likely N-dealkylation sites (N-methyl/N-ethyl adjacent to an activating group) is 1. The number of amides is 1. The van der Waals surface area contributed by atoms with E-state index >= 15 is 0 Å². The van der Waals surface area contributed by atoms with Gasteiger partial charge in [-0.25, -0.2) is 0 Å². The minimum atomic E-state index is -0.936. The summed E-state index contributed by atoms with van der Waals surface area (Å²) in [5, 5.41) is 8.69. The first-order valence-electron chi connectivity index (χ1n) is 7.35. The van der Waals surface area contributed by atoms with E-state index in [9.17, 15) is 9.59 Å². The monoisotopic (exact) mass is 306 g/mol. The van der Waals surface area contributed by atoms with Crippen LogP contribution in [0.2, 0.25) is 0 Å². The van der Waals surface area contributed by atoms with Gasteiger partial charge < -0.3 is 14.7 Å². The van der Waals surface area contributed by atoms with E-state index in [4.69, 9.17) is 9.84 Å². The summed E-state index contributed by atoms with van der Waals surface area (Å²) in [4.78, 5) is 26.7. The Labute approximate surface area is 130 Å². The molecule has 1 fully saturated rings. The van der Waals surface area contributed by atoms with Crippen molar-refractivity contribution in [2.75, 3.05) is 33.8 Å². The number of piperazine rings is 1. The highest BCUT2D eigenvalue weighted by Crippen LogP contribution is 2.26. The summed E-state index contributed by atoms with van der Waals surface area (Å²) in [7, 11) is 3.67. The maximum atomic E-state index is 12.1. The fourth-order valence-electron chi connectivity index (χ4n) is 2.66. The van der Waals surface area contributed by atoms with E-state index in [1.54, 1.807) is 12.0 Å². The maximum Gasteiger partial charge on any atom is 0.303 e. The summed E-state index contributed by atoms with van der Waals surface area (Å²) in [6, 6.07) is 7.95. The highest BCUT2D eigenvalue weighted by atomic mass is 16.5. The molecule has 1 unspecified atom stereocenters. The number of aliphatic carboxylic acids is 1. The van der Waals surface area contributed by atoms with E-state index in [0.717, 1.165) is 17.9 Å². The Morgan fingerprint density at radius 2 is 1.91 bits per heavy atom. The molecule has 1 aliphatic heterocycles. The summed E-state index contributed by atoms with van der Waals surface area (Å²) < 4.78 is 5.16. The van der Waals surface area contributed by atoms with Gasteiger partial charge in [0.2, 0.25) is 5.91 Å². The number of hydrogen-bond acceptors (Lipinski definition) is 4. The number of carboxylic acid groups (broad SMARTS) is 1. The van der Waals surface area contributed by atoms with Crippen molar-refractivity contribution >= 4 is 11.9 Å². The maximum absolute atomic E-state index is 12.1. The summed E-state index contributed by atoms with van der Waals surface area (Å²) in [5.41, 5.74) is 1.12. The molecule has 1 aliphatic rings. The molecule has 2 rings (SSSR count). The molecule has 1 atom stereocenters. The van der Waals surface area contributed by atoms with E-state index in [0.29, 0.717) is 13.1 Å². The number of methoxy groups -OCH3 is 1. The zero-order valence-electron chi connectivity index (χ0n) is 13.0. The third-order valence-corrected chi connectivity index (χ3v) is 4.05. The largest absolute Gasteiger partial charge is 0.497 e. The number of carbonyl (C=O) groups excluding carboxylic acids is 1. The molecule has 1 aromatic rings. The van der Waals surface area contributed by atoms with E-state index in [1.807, 2.05) is 31.3 Å². The van der Waals surface area contributed by atoms with Crippen LogP contribution in [-0.2, 0) is 9.59 Å². The first-order chi connectivity index (χ1) is 10.5. The predicted octanol–water partition coefficient (Wildman–Crippen LogP) is 1.38. The van der Waals surface area contributed by atoms with Crippen LogP contribution in [0.1, 0.15) is 24.4 Å². The van der Waals surface area contributed by atoms with Gasteiger partial charge in [-0.15, -0.1) is 0 Å². The normalized spacial score (nSPS) is 19.0. The Morgan fingerprint density at radius 3 is 2.50 bits per heavy atom. The van der Waals surface area contributed by atoms with Crippen LogP contribution in [0.5, 0.6) is 5.75 Å². The molecule has 0 spiro atoms. The Bertz CT molecular complexity index is 529. The molecule has 22 heavy (non-hydrogen) atoms. The fraction of sp³-hybridized carbons (Fsp3) is 0.500. The molecule has 1 amide bonds. The summed E-state index contributed by atoms with van der Waals surface area (Å²) >= 11 is 0. The average Bonchev–Trinajstić information content (AvgIpc) is 2.53. The van der Waals surface area contributed by atoms with E-state index in [2.05, 4.69) is 4.90 Å². The Kier molecular flexibility index (Phi) is 5.38. The Balaban J connectivity index is 2.03. The van der Waals surface area contributed by atoms with Crippen molar-refractivity contribution in [2.45, 2.75) is 18.9 Å². The van der Waals surface area contributed by atoms with Gasteiger partial charge in [-0.05, 0) is 24.7 Å². The topological polar surface area (TPSA) is 70.1 Å². The molecule has 1 saturated heterocycles. The third kappa shape index (κ3) is 3.98. The molecule has 0 aromatic heterocycles. The van der Waals surface area contributed by atoms with Gasteiger partial charge in [0.1, 0.15) is 5.75 Å². The molecule has 0 radical (unpaired) electrons. The number of carbonyl (C=O) groups is 2. The third-order valence-electron chi connectivity index (χ3n) is 4.05. The second kappa shape index (κ2) is 7.26. The van der Waals surface area contributed by atoms with Crippen LogP contribution in [0, 0.1) is 0 Å². The molecule has 6 nitrogen and oxygen atoms in total. The minimum absolute atomic E-state index is 0.0639. The highest BCUT2D eigenvalue weighted by molar-refractivity contribution is 5.80. The van der Waals surface area contributed by atoms with Crippen LogP contribution in [0.25, 0.3) is 0 Å². The quantitative estimate of drug-likeness (QED) is 0.890. The van der Waals surface area contributed by atoms with Gasteiger partial charge >= 0.3 is 5.97 Å². The van der Waals surface area contributed by atoms with Gasteiger partial charge in [0, 0.05) is 26.1 Å². The average molecular weight is 306 g/mol. The molecule has 0 saturated carbocycles. The predicted molar refractivity (Wildman–Crippen MR) is 81.8 cm³/mol. The van der Waals surface area contributed by atoms with Crippen molar-refractivity contribution in [3.8, 4) is 5.75 Å². The zero-order valence-corrected chi connectivity index (χ0v) is 13.0. The van der Waals surface area contributed by atoms with E-state index in [1.165, 1.54) is 0 Å². The van der Waals surface area contributed by atoms with E-state index < -0.39 is 5.97 Å². The number of hydrogen-bond donors (Lipinski definition) is 1. The highest BCUT2D eigenvalue weighted by Gasteiger charge is 2.28.